The average Bonchev–Trinajstić information content (AvgIpc) is 2.54. The lowest BCUT2D eigenvalue weighted by Crippen LogP contribution is -2.39. The Hall–Kier alpha value is -2.22. The predicted octanol–water partition coefficient (Wildman–Crippen LogP) is 3.37. The lowest BCUT2D eigenvalue weighted by molar-refractivity contribution is -0.137. The smallest absolute Gasteiger partial charge is 0.365 e. The van der Waals surface area contributed by atoms with Crippen LogP contribution in [-0.4, -0.2) is 46.3 Å². The van der Waals surface area contributed by atoms with Gasteiger partial charge in [-0.05, 0) is 57.1 Å². The zero-order valence-electron chi connectivity index (χ0n) is 14.1. The molecule has 0 saturated carbocycles. The first-order chi connectivity index (χ1) is 11.8. The maximum Gasteiger partial charge on any atom is 0.417 e. The van der Waals surface area contributed by atoms with E-state index in [0.717, 1.165) is 43.8 Å². The third-order valence-electron chi connectivity index (χ3n) is 4.29. The summed E-state index contributed by atoms with van der Waals surface area (Å²) in [6, 6.07) is 4.51. The molecule has 1 aliphatic rings. The number of likely N-dealkylation sites (tertiary alicyclic amines) is 1. The van der Waals surface area contributed by atoms with E-state index in [-0.39, 0.29) is 0 Å². The molecule has 0 unspecified atom stereocenters. The van der Waals surface area contributed by atoms with Crippen molar-refractivity contribution in [3.05, 3.63) is 35.5 Å². The maximum absolute atomic E-state index is 12.6. The number of piperidine rings is 1. The fraction of sp³-hybridized carbons (Fsp3) is 0.471. The molecule has 1 saturated heterocycles. The molecule has 0 amide bonds. The van der Waals surface area contributed by atoms with Crippen LogP contribution in [-0.2, 0) is 6.18 Å². The molecule has 5 nitrogen and oxygen atoms in total. The molecule has 2 aromatic rings. The second kappa shape index (κ2) is 6.95. The van der Waals surface area contributed by atoms with E-state index in [9.17, 15) is 13.2 Å². The van der Waals surface area contributed by atoms with Gasteiger partial charge in [0.1, 0.15) is 11.5 Å². The number of aryl methyl sites for hydroxylation is 1. The van der Waals surface area contributed by atoms with Crippen molar-refractivity contribution in [3.63, 3.8) is 0 Å². The van der Waals surface area contributed by atoms with Crippen molar-refractivity contribution >= 4 is 5.82 Å². The number of rotatable bonds is 3. The number of hydrogen-bond donors (Lipinski definition) is 1. The van der Waals surface area contributed by atoms with E-state index in [1.165, 1.54) is 6.07 Å². The minimum atomic E-state index is -4.40. The Kier molecular flexibility index (Phi) is 4.89. The van der Waals surface area contributed by atoms with Gasteiger partial charge >= 0.3 is 6.18 Å². The largest absolute Gasteiger partial charge is 0.417 e. The molecule has 0 bridgehead atoms. The summed E-state index contributed by atoms with van der Waals surface area (Å²) in [5.74, 6) is 0.675. The summed E-state index contributed by atoms with van der Waals surface area (Å²) in [6.07, 6.45) is -1.37. The normalized spacial score (nSPS) is 19.0. The fourth-order valence-electron chi connectivity index (χ4n) is 3.00. The number of hydrogen-bond acceptors (Lipinski definition) is 5. The van der Waals surface area contributed by atoms with Gasteiger partial charge in [0.05, 0.1) is 11.3 Å². The minimum absolute atomic E-state index is 0.322. The first-order valence-electron chi connectivity index (χ1n) is 8.16. The van der Waals surface area contributed by atoms with Crippen LogP contribution in [0.25, 0.3) is 11.4 Å². The summed E-state index contributed by atoms with van der Waals surface area (Å²) < 4.78 is 37.9. The molecule has 25 heavy (non-hydrogen) atoms. The summed E-state index contributed by atoms with van der Waals surface area (Å²) in [5, 5.41) is 11.7. The van der Waals surface area contributed by atoms with Gasteiger partial charge in [-0.2, -0.15) is 13.2 Å². The average molecular weight is 351 g/mol. The molecule has 0 spiro atoms. The molecule has 1 atom stereocenters. The van der Waals surface area contributed by atoms with E-state index in [4.69, 9.17) is 0 Å². The van der Waals surface area contributed by atoms with Crippen LogP contribution < -0.4 is 5.32 Å². The van der Waals surface area contributed by atoms with Gasteiger partial charge in [-0.15, -0.1) is 10.2 Å². The highest BCUT2D eigenvalue weighted by molar-refractivity contribution is 5.60. The van der Waals surface area contributed by atoms with Crippen LogP contribution in [0.2, 0.25) is 0 Å². The molecular weight excluding hydrogens is 331 g/mol. The van der Waals surface area contributed by atoms with Gasteiger partial charge in [0.15, 0.2) is 0 Å². The Labute approximate surface area is 144 Å². The Morgan fingerprint density at radius 1 is 1.24 bits per heavy atom. The number of nitrogens with one attached hydrogen (secondary N) is 1. The van der Waals surface area contributed by atoms with E-state index in [2.05, 4.69) is 32.4 Å². The molecule has 134 valence electrons. The second-order valence-corrected chi connectivity index (χ2v) is 6.44. The highest BCUT2D eigenvalue weighted by Gasteiger charge is 2.30. The number of nitrogens with zero attached hydrogens (tertiary/aromatic N) is 4. The Balaban J connectivity index is 1.75. The number of aromatic nitrogens is 3. The van der Waals surface area contributed by atoms with E-state index < -0.39 is 11.7 Å². The topological polar surface area (TPSA) is 53.9 Å². The van der Waals surface area contributed by atoms with Gasteiger partial charge in [-0.25, -0.2) is 0 Å². The van der Waals surface area contributed by atoms with Crippen LogP contribution in [0, 0.1) is 6.92 Å². The molecule has 2 aromatic heterocycles. The number of alkyl halides is 3. The van der Waals surface area contributed by atoms with Crippen molar-refractivity contribution < 1.29 is 13.2 Å². The molecule has 3 rings (SSSR count). The Bertz CT molecular complexity index is 730. The summed E-state index contributed by atoms with van der Waals surface area (Å²) in [7, 11) is 2.09. The van der Waals surface area contributed by atoms with E-state index in [1.807, 2.05) is 13.0 Å². The lowest BCUT2D eigenvalue weighted by Gasteiger charge is -2.30. The standard InChI is InChI=1S/C17H20F3N5/c1-11-8-15(22-13-4-3-7-25(2)10-13)23-24-16(11)14-6-5-12(9-21-14)17(18,19)20/h5-6,8-9,13H,3-4,7,10H2,1-2H3,(H,22,23)/t13-/m1/s1. The number of likely N-dealkylation sites (N-methyl/N-ethyl adjacent to an activating group) is 1. The van der Waals surface area contributed by atoms with Crippen LogP contribution in [0.5, 0.6) is 0 Å². The van der Waals surface area contributed by atoms with Crippen molar-refractivity contribution in [2.75, 3.05) is 25.5 Å². The Morgan fingerprint density at radius 3 is 2.64 bits per heavy atom. The monoisotopic (exact) mass is 351 g/mol. The highest BCUT2D eigenvalue weighted by atomic mass is 19.4. The minimum Gasteiger partial charge on any atom is -0.365 e. The maximum atomic E-state index is 12.6. The third kappa shape index (κ3) is 4.25. The van der Waals surface area contributed by atoms with Crippen molar-refractivity contribution in [3.8, 4) is 11.4 Å². The van der Waals surface area contributed by atoms with Crippen LogP contribution >= 0.6 is 0 Å². The third-order valence-corrected chi connectivity index (χ3v) is 4.29. The van der Waals surface area contributed by atoms with E-state index >= 15 is 0 Å². The molecule has 0 radical (unpaired) electrons. The molecule has 1 fully saturated rings. The molecule has 8 heteroatoms. The van der Waals surface area contributed by atoms with Crippen LogP contribution in [0.4, 0.5) is 19.0 Å². The quantitative estimate of drug-likeness (QED) is 0.919. The molecule has 1 N–H and O–H groups in total. The van der Waals surface area contributed by atoms with Gasteiger partial charge in [-0.3, -0.25) is 4.98 Å². The lowest BCUT2D eigenvalue weighted by atomic mass is 10.1. The first-order valence-corrected chi connectivity index (χ1v) is 8.16. The summed E-state index contributed by atoms with van der Waals surface area (Å²) in [4.78, 5) is 6.15. The van der Waals surface area contributed by atoms with Crippen molar-refractivity contribution in [2.24, 2.45) is 0 Å². The predicted molar refractivity (Wildman–Crippen MR) is 89.1 cm³/mol. The SMILES string of the molecule is Cc1cc(N[C@@H]2CCCN(C)C2)nnc1-c1ccc(C(F)(F)F)cn1. The van der Waals surface area contributed by atoms with Crippen molar-refractivity contribution in [1.29, 1.82) is 0 Å². The number of halogens is 3. The Morgan fingerprint density at radius 2 is 2.04 bits per heavy atom. The highest BCUT2D eigenvalue weighted by Crippen LogP contribution is 2.30. The summed E-state index contributed by atoms with van der Waals surface area (Å²) in [5.41, 5.74) is 0.900. The summed E-state index contributed by atoms with van der Waals surface area (Å²) in [6.45, 7) is 3.89. The van der Waals surface area contributed by atoms with Gasteiger partial charge in [0, 0.05) is 18.8 Å². The summed E-state index contributed by atoms with van der Waals surface area (Å²) >= 11 is 0. The number of anilines is 1. The van der Waals surface area contributed by atoms with Crippen LogP contribution in [0.1, 0.15) is 24.0 Å². The molecule has 0 aromatic carbocycles. The zero-order valence-corrected chi connectivity index (χ0v) is 14.1. The first kappa shape index (κ1) is 17.6. The van der Waals surface area contributed by atoms with E-state index in [1.54, 1.807) is 0 Å². The van der Waals surface area contributed by atoms with Gasteiger partial charge in [-0.1, -0.05) is 0 Å². The van der Waals surface area contributed by atoms with Crippen LogP contribution in [0.3, 0.4) is 0 Å². The second-order valence-electron chi connectivity index (χ2n) is 6.44. The zero-order chi connectivity index (χ0) is 18.0. The van der Waals surface area contributed by atoms with Gasteiger partial charge < -0.3 is 10.2 Å². The molecular formula is C17H20F3N5. The molecule has 3 heterocycles. The van der Waals surface area contributed by atoms with Gasteiger partial charge in [0.25, 0.3) is 0 Å². The van der Waals surface area contributed by atoms with Crippen molar-refractivity contribution in [2.45, 2.75) is 32.0 Å². The van der Waals surface area contributed by atoms with Gasteiger partial charge in [0.2, 0.25) is 0 Å². The number of pyridine rings is 1. The molecule has 0 aliphatic carbocycles. The molecule has 1 aliphatic heterocycles. The van der Waals surface area contributed by atoms with Crippen molar-refractivity contribution in [1.82, 2.24) is 20.1 Å². The van der Waals surface area contributed by atoms with E-state index in [0.29, 0.717) is 23.2 Å². The fourth-order valence-corrected chi connectivity index (χ4v) is 3.00. The van der Waals surface area contributed by atoms with Crippen LogP contribution in [0.15, 0.2) is 24.4 Å².